The molecule has 1 unspecified atom stereocenters. The van der Waals surface area contributed by atoms with Crippen molar-refractivity contribution in [1.82, 2.24) is 0 Å². The quantitative estimate of drug-likeness (QED) is 0.827. The van der Waals surface area contributed by atoms with Gasteiger partial charge in [-0.25, -0.2) is 4.39 Å². The van der Waals surface area contributed by atoms with Crippen LogP contribution in [0.15, 0.2) is 54.6 Å². The molecular weight excluding hydrogens is 225 g/mol. The van der Waals surface area contributed by atoms with E-state index in [4.69, 9.17) is 0 Å². The molecule has 0 fully saturated rings. The molecule has 0 aliphatic carbocycles. The Hall–Kier alpha value is -1.83. The van der Waals surface area contributed by atoms with Crippen LogP contribution in [0.3, 0.4) is 0 Å². The van der Waals surface area contributed by atoms with Gasteiger partial charge in [0.2, 0.25) is 0 Å². The van der Waals surface area contributed by atoms with Gasteiger partial charge in [0.15, 0.2) is 0 Å². The van der Waals surface area contributed by atoms with E-state index in [1.54, 1.807) is 12.1 Å². The average Bonchev–Trinajstić information content (AvgIpc) is 2.40. The minimum atomic E-state index is -0.197. The lowest BCUT2D eigenvalue weighted by Crippen LogP contribution is -2.15. The third kappa shape index (κ3) is 3.88. The van der Waals surface area contributed by atoms with Crippen molar-refractivity contribution in [1.29, 1.82) is 0 Å². The summed E-state index contributed by atoms with van der Waals surface area (Å²) in [6.07, 6.45) is 2.11. The molecule has 0 radical (unpaired) electrons. The molecule has 0 spiro atoms. The summed E-state index contributed by atoms with van der Waals surface area (Å²) in [4.78, 5) is 0. The molecule has 2 heteroatoms. The highest BCUT2D eigenvalue weighted by atomic mass is 19.1. The molecule has 0 aliphatic rings. The van der Waals surface area contributed by atoms with Gasteiger partial charge in [0.1, 0.15) is 5.82 Å². The van der Waals surface area contributed by atoms with Crippen LogP contribution >= 0.6 is 0 Å². The first-order valence-electron chi connectivity index (χ1n) is 6.30. The molecule has 1 nitrogen and oxygen atoms in total. The van der Waals surface area contributed by atoms with Crippen molar-refractivity contribution < 1.29 is 4.39 Å². The minimum absolute atomic E-state index is 0.197. The Kier molecular flexibility index (Phi) is 4.35. The van der Waals surface area contributed by atoms with Crippen molar-refractivity contribution in [3.05, 3.63) is 66.0 Å². The number of hydrogen-bond donors (Lipinski definition) is 1. The van der Waals surface area contributed by atoms with Crippen LogP contribution in [0, 0.1) is 5.82 Å². The predicted molar refractivity (Wildman–Crippen MR) is 74.2 cm³/mol. The molecule has 2 rings (SSSR count). The minimum Gasteiger partial charge on any atom is -0.383 e. The zero-order valence-corrected chi connectivity index (χ0v) is 10.6. The van der Waals surface area contributed by atoms with Gasteiger partial charge in [-0.1, -0.05) is 30.3 Å². The van der Waals surface area contributed by atoms with Crippen LogP contribution in [-0.4, -0.2) is 6.04 Å². The first-order chi connectivity index (χ1) is 8.74. The lowest BCUT2D eigenvalue weighted by Gasteiger charge is -2.15. The second-order valence-corrected chi connectivity index (χ2v) is 4.58. The van der Waals surface area contributed by atoms with Crippen LogP contribution in [0.25, 0.3) is 0 Å². The van der Waals surface area contributed by atoms with Gasteiger partial charge in [-0.2, -0.15) is 0 Å². The van der Waals surface area contributed by atoms with Crippen molar-refractivity contribution in [3.63, 3.8) is 0 Å². The van der Waals surface area contributed by atoms with E-state index in [-0.39, 0.29) is 5.82 Å². The number of benzene rings is 2. The molecule has 0 bridgehead atoms. The van der Waals surface area contributed by atoms with E-state index in [9.17, 15) is 4.39 Å². The van der Waals surface area contributed by atoms with Gasteiger partial charge < -0.3 is 5.32 Å². The van der Waals surface area contributed by atoms with Gasteiger partial charge in [0, 0.05) is 11.7 Å². The summed E-state index contributed by atoms with van der Waals surface area (Å²) in [7, 11) is 0. The molecule has 0 heterocycles. The maximum absolute atomic E-state index is 12.8. The molecule has 0 saturated heterocycles. The Balaban J connectivity index is 1.82. The smallest absolute Gasteiger partial charge is 0.123 e. The average molecular weight is 243 g/mol. The van der Waals surface area contributed by atoms with Crippen molar-refractivity contribution >= 4 is 5.69 Å². The summed E-state index contributed by atoms with van der Waals surface area (Å²) in [6, 6.07) is 17.3. The molecule has 1 atom stereocenters. The fourth-order valence-electron chi connectivity index (χ4n) is 1.93. The number of nitrogens with one attached hydrogen (secondary N) is 1. The van der Waals surface area contributed by atoms with E-state index in [0.717, 1.165) is 18.5 Å². The van der Waals surface area contributed by atoms with E-state index in [0.29, 0.717) is 6.04 Å². The number of hydrogen-bond acceptors (Lipinski definition) is 1. The van der Waals surface area contributed by atoms with Gasteiger partial charge in [-0.05, 0) is 49.6 Å². The highest BCUT2D eigenvalue weighted by Crippen LogP contribution is 2.12. The molecule has 2 aromatic rings. The SMILES string of the molecule is CC(CCc1ccccc1)Nc1ccc(F)cc1. The van der Waals surface area contributed by atoms with Crippen LogP contribution < -0.4 is 5.32 Å². The Bertz CT molecular complexity index is 464. The molecule has 18 heavy (non-hydrogen) atoms. The summed E-state index contributed by atoms with van der Waals surface area (Å²) >= 11 is 0. The second-order valence-electron chi connectivity index (χ2n) is 4.58. The molecule has 0 saturated carbocycles. The lowest BCUT2D eigenvalue weighted by atomic mass is 10.1. The van der Waals surface area contributed by atoms with Crippen molar-refractivity contribution in [3.8, 4) is 0 Å². The van der Waals surface area contributed by atoms with Gasteiger partial charge in [-0.15, -0.1) is 0 Å². The van der Waals surface area contributed by atoms with Gasteiger partial charge in [-0.3, -0.25) is 0 Å². The Labute approximate surface area is 108 Å². The van der Waals surface area contributed by atoms with Crippen LogP contribution in [0.5, 0.6) is 0 Å². The van der Waals surface area contributed by atoms with Gasteiger partial charge in [0.25, 0.3) is 0 Å². The summed E-state index contributed by atoms with van der Waals surface area (Å²) in [5, 5.41) is 3.37. The van der Waals surface area contributed by atoms with Crippen molar-refractivity contribution in [2.24, 2.45) is 0 Å². The molecule has 94 valence electrons. The topological polar surface area (TPSA) is 12.0 Å². The summed E-state index contributed by atoms with van der Waals surface area (Å²) in [6.45, 7) is 2.15. The molecule has 1 N–H and O–H groups in total. The van der Waals surface area contributed by atoms with Crippen LogP contribution in [-0.2, 0) is 6.42 Å². The fourth-order valence-corrected chi connectivity index (χ4v) is 1.93. The van der Waals surface area contributed by atoms with E-state index in [2.05, 4.69) is 36.5 Å². The molecule has 0 aromatic heterocycles. The van der Waals surface area contributed by atoms with E-state index >= 15 is 0 Å². The van der Waals surface area contributed by atoms with E-state index in [1.165, 1.54) is 17.7 Å². The first-order valence-corrected chi connectivity index (χ1v) is 6.30. The number of halogens is 1. The molecular formula is C16H18FN. The molecule has 0 amide bonds. The zero-order valence-electron chi connectivity index (χ0n) is 10.6. The number of aryl methyl sites for hydroxylation is 1. The summed E-state index contributed by atoms with van der Waals surface area (Å²) in [5.41, 5.74) is 2.32. The predicted octanol–water partition coefficient (Wildman–Crippen LogP) is 4.26. The third-order valence-electron chi connectivity index (χ3n) is 2.97. The lowest BCUT2D eigenvalue weighted by molar-refractivity contribution is 0.627. The normalized spacial score (nSPS) is 12.1. The highest BCUT2D eigenvalue weighted by molar-refractivity contribution is 5.43. The van der Waals surface area contributed by atoms with Gasteiger partial charge >= 0.3 is 0 Å². The monoisotopic (exact) mass is 243 g/mol. The first kappa shape index (κ1) is 12.6. The van der Waals surface area contributed by atoms with Crippen LogP contribution in [0.4, 0.5) is 10.1 Å². The number of rotatable bonds is 5. The second kappa shape index (κ2) is 6.20. The summed E-state index contributed by atoms with van der Waals surface area (Å²) in [5.74, 6) is -0.197. The van der Waals surface area contributed by atoms with Crippen LogP contribution in [0.2, 0.25) is 0 Å². The Morgan fingerprint density at radius 1 is 1.00 bits per heavy atom. The Morgan fingerprint density at radius 3 is 2.33 bits per heavy atom. The third-order valence-corrected chi connectivity index (χ3v) is 2.97. The summed E-state index contributed by atoms with van der Waals surface area (Å²) < 4.78 is 12.8. The standard InChI is InChI=1S/C16H18FN/c1-13(7-8-14-5-3-2-4-6-14)18-16-11-9-15(17)10-12-16/h2-6,9-13,18H,7-8H2,1H3. The molecule has 0 aliphatic heterocycles. The largest absolute Gasteiger partial charge is 0.383 e. The highest BCUT2D eigenvalue weighted by Gasteiger charge is 2.02. The maximum Gasteiger partial charge on any atom is 0.123 e. The van der Waals surface area contributed by atoms with E-state index in [1.807, 2.05) is 6.07 Å². The Morgan fingerprint density at radius 2 is 1.67 bits per heavy atom. The maximum atomic E-state index is 12.8. The fraction of sp³-hybridized carbons (Fsp3) is 0.250. The van der Waals surface area contributed by atoms with Crippen LogP contribution in [0.1, 0.15) is 18.9 Å². The van der Waals surface area contributed by atoms with Crippen molar-refractivity contribution in [2.45, 2.75) is 25.8 Å². The van der Waals surface area contributed by atoms with Crippen molar-refractivity contribution in [2.75, 3.05) is 5.32 Å². The number of anilines is 1. The molecule has 2 aromatic carbocycles. The van der Waals surface area contributed by atoms with Gasteiger partial charge in [0.05, 0.1) is 0 Å². The zero-order chi connectivity index (χ0) is 12.8. The van der Waals surface area contributed by atoms with E-state index < -0.39 is 0 Å².